The molecule has 0 saturated carbocycles. The summed E-state index contributed by atoms with van der Waals surface area (Å²) in [6.45, 7) is 1.35. The van der Waals surface area contributed by atoms with Crippen LogP contribution >= 0.6 is 0 Å². The number of nitro benzene ring substituents is 1. The number of hydrogen-bond acceptors (Lipinski definition) is 5. The molecular formula is C10H15N3O3. The minimum atomic E-state index is -0.416. The Bertz CT molecular complexity index is 368. The number of nitrogens with one attached hydrogen (secondary N) is 2. The van der Waals surface area contributed by atoms with Crippen LogP contribution in [0.3, 0.4) is 0 Å². The molecular weight excluding hydrogens is 210 g/mol. The topological polar surface area (TPSA) is 76.4 Å². The zero-order valence-electron chi connectivity index (χ0n) is 9.32. The van der Waals surface area contributed by atoms with E-state index in [2.05, 4.69) is 10.6 Å². The maximum Gasteiger partial charge on any atom is 0.292 e. The second kappa shape index (κ2) is 5.92. The largest absolute Gasteiger partial charge is 0.497 e. The number of likely N-dealkylation sites (N-methyl/N-ethyl adjacent to an activating group) is 1. The minimum absolute atomic E-state index is 0.0527. The van der Waals surface area contributed by atoms with Crippen LogP contribution in [0, 0.1) is 10.1 Å². The molecule has 0 saturated heterocycles. The lowest BCUT2D eigenvalue weighted by Crippen LogP contribution is -2.18. The monoisotopic (exact) mass is 225 g/mol. The normalized spacial score (nSPS) is 9.88. The van der Waals surface area contributed by atoms with Crippen molar-refractivity contribution >= 4 is 11.4 Å². The molecule has 0 fully saturated rings. The summed E-state index contributed by atoms with van der Waals surface area (Å²) >= 11 is 0. The highest BCUT2D eigenvalue weighted by molar-refractivity contribution is 5.64. The van der Waals surface area contributed by atoms with Gasteiger partial charge in [-0.05, 0) is 13.1 Å². The van der Waals surface area contributed by atoms with E-state index >= 15 is 0 Å². The van der Waals surface area contributed by atoms with Crippen LogP contribution in [0.4, 0.5) is 11.4 Å². The quantitative estimate of drug-likeness (QED) is 0.432. The van der Waals surface area contributed by atoms with Crippen molar-refractivity contribution in [1.29, 1.82) is 0 Å². The molecule has 0 amide bonds. The zero-order chi connectivity index (χ0) is 12.0. The number of rotatable bonds is 6. The first-order valence-electron chi connectivity index (χ1n) is 4.90. The van der Waals surface area contributed by atoms with Gasteiger partial charge in [0.15, 0.2) is 0 Å². The summed E-state index contributed by atoms with van der Waals surface area (Å²) in [5.41, 5.74) is 0.525. The van der Waals surface area contributed by atoms with Crippen molar-refractivity contribution in [3.63, 3.8) is 0 Å². The minimum Gasteiger partial charge on any atom is -0.497 e. The smallest absolute Gasteiger partial charge is 0.292 e. The highest BCUT2D eigenvalue weighted by Crippen LogP contribution is 2.28. The molecule has 0 unspecified atom stereocenters. The lowest BCUT2D eigenvalue weighted by atomic mass is 10.2. The van der Waals surface area contributed by atoms with Gasteiger partial charge in [-0.25, -0.2) is 0 Å². The molecule has 1 rings (SSSR count). The molecule has 16 heavy (non-hydrogen) atoms. The van der Waals surface area contributed by atoms with E-state index in [1.807, 2.05) is 7.05 Å². The van der Waals surface area contributed by atoms with Crippen molar-refractivity contribution in [2.45, 2.75) is 0 Å². The van der Waals surface area contributed by atoms with Crippen molar-refractivity contribution < 1.29 is 9.66 Å². The zero-order valence-corrected chi connectivity index (χ0v) is 9.32. The van der Waals surface area contributed by atoms with E-state index in [1.54, 1.807) is 12.1 Å². The van der Waals surface area contributed by atoms with Gasteiger partial charge in [0.1, 0.15) is 11.4 Å². The Kier molecular flexibility index (Phi) is 4.53. The van der Waals surface area contributed by atoms with Gasteiger partial charge in [0.2, 0.25) is 0 Å². The Morgan fingerprint density at radius 2 is 2.19 bits per heavy atom. The van der Waals surface area contributed by atoms with Crippen molar-refractivity contribution in [2.75, 3.05) is 32.6 Å². The van der Waals surface area contributed by atoms with Crippen LogP contribution in [0.1, 0.15) is 0 Å². The predicted octanol–water partition coefficient (Wildman–Crippen LogP) is 1.23. The van der Waals surface area contributed by atoms with Crippen LogP contribution in [0.25, 0.3) is 0 Å². The molecule has 0 atom stereocenters. The van der Waals surface area contributed by atoms with Crippen LogP contribution in [-0.2, 0) is 0 Å². The second-order valence-electron chi connectivity index (χ2n) is 3.17. The van der Waals surface area contributed by atoms with E-state index in [0.29, 0.717) is 18.0 Å². The fourth-order valence-electron chi connectivity index (χ4n) is 1.27. The summed E-state index contributed by atoms with van der Waals surface area (Å²) in [5, 5.41) is 16.7. The number of benzene rings is 1. The van der Waals surface area contributed by atoms with Gasteiger partial charge in [-0.15, -0.1) is 0 Å². The average Bonchev–Trinajstić information content (AvgIpc) is 2.29. The number of anilines is 1. The van der Waals surface area contributed by atoms with Crippen LogP contribution in [-0.4, -0.2) is 32.2 Å². The highest BCUT2D eigenvalue weighted by atomic mass is 16.6. The van der Waals surface area contributed by atoms with E-state index in [4.69, 9.17) is 4.74 Å². The van der Waals surface area contributed by atoms with Crippen molar-refractivity contribution in [1.82, 2.24) is 5.32 Å². The summed E-state index contributed by atoms with van der Waals surface area (Å²) in [4.78, 5) is 10.3. The molecule has 1 aromatic carbocycles. The summed E-state index contributed by atoms with van der Waals surface area (Å²) in [6, 6.07) is 4.62. The Morgan fingerprint density at radius 3 is 2.75 bits per heavy atom. The van der Waals surface area contributed by atoms with E-state index in [1.165, 1.54) is 13.2 Å². The van der Waals surface area contributed by atoms with Crippen LogP contribution in [0.5, 0.6) is 5.75 Å². The SMILES string of the molecule is CNCCNc1cc(OC)ccc1[N+](=O)[O-]. The Labute approximate surface area is 93.8 Å². The molecule has 0 bridgehead atoms. The lowest BCUT2D eigenvalue weighted by Gasteiger charge is -2.08. The van der Waals surface area contributed by atoms with Gasteiger partial charge in [0, 0.05) is 25.2 Å². The first kappa shape index (κ1) is 12.3. The van der Waals surface area contributed by atoms with Gasteiger partial charge in [-0.2, -0.15) is 0 Å². The molecule has 0 radical (unpaired) electrons. The molecule has 88 valence electrons. The molecule has 0 spiro atoms. The first-order chi connectivity index (χ1) is 7.69. The number of methoxy groups -OCH3 is 1. The summed E-state index contributed by atoms with van der Waals surface area (Å²) in [5.74, 6) is 0.595. The third-order valence-corrected chi connectivity index (χ3v) is 2.09. The van der Waals surface area contributed by atoms with Gasteiger partial charge in [-0.1, -0.05) is 0 Å². The molecule has 2 N–H and O–H groups in total. The summed E-state index contributed by atoms with van der Waals surface area (Å²) < 4.78 is 5.02. The third-order valence-electron chi connectivity index (χ3n) is 2.09. The molecule has 6 nitrogen and oxygen atoms in total. The Hall–Kier alpha value is -1.82. The molecule has 6 heteroatoms. The molecule has 0 heterocycles. The van der Waals surface area contributed by atoms with E-state index in [0.717, 1.165) is 6.54 Å². The van der Waals surface area contributed by atoms with E-state index in [-0.39, 0.29) is 5.69 Å². The predicted molar refractivity (Wildman–Crippen MR) is 62.1 cm³/mol. The average molecular weight is 225 g/mol. The van der Waals surface area contributed by atoms with Crippen LogP contribution < -0.4 is 15.4 Å². The van der Waals surface area contributed by atoms with Crippen LogP contribution in [0.15, 0.2) is 18.2 Å². The molecule has 0 aromatic heterocycles. The first-order valence-corrected chi connectivity index (χ1v) is 4.90. The van der Waals surface area contributed by atoms with Crippen molar-refractivity contribution in [3.05, 3.63) is 28.3 Å². The van der Waals surface area contributed by atoms with Gasteiger partial charge in [0.05, 0.1) is 12.0 Å². The number of hydrogen-bond donors (Lipinski definition) is 2. The Balaban J connectivity index is 2.87. The maximum atomic E-state index is 10.8. The fourth-order valence-corrected chi connectivity index (χ4v) is 1.27. The molecule has 0 aliphatic heterocycles. The van der Waals surface area contributed by atoms with E-state index in [9.17, 15) is 10.1 Å². The fraction of sp³-hybridized carbons (Fsp3) is 0.400. The maximum absolute atomic E-state index is 10.8. The molecule has 1 aromatic rings. The highest BCUT2D eigenvalue weighted by Gasteiger charge is 2.13. The summed E-state index contributed by atoms with van der Waals surface area (Å²) in [7, 11) is 3.35. The van der Waals surface area contributed by atoms with E-state index < -0.39 is 4.92 Å². The lowest BCUT2D eigenvalue weighted by molar-refractivity contribution is -0.384. The van der Waals surface area contributed by atoms with Crippen LogP contribution in [0.2, 0.25) is 0 Å². The van der Waals surface area contributed by atoms with Crippen molar-refractivity contribution in [2.24, 2.45) is 0 Å². The number of ether oxygens (including phenoxy) is 1. The van der Waals surface area contributed by atoms with Gasteiger partial charge >= 0.3 is 0 Å². The number of nitrogens with zero attached hydrogens (tertiary/aromatic N) is 1. The van der Waals surface area contributed by atoms with Gasteiger partial charge in [0.25, 0.3) is 5.69 Å². The standard InChI is InChI=1S/C10H15N3O3/c1-11-5-6-12-9-7-8(16-2)3-4-10(9)13(14)15/h3-4,7,11-12H,5-6H2,1-2H3. The molecule has 0 aliphatic carbocycles. The molecule has 0 aliphatic rings. The summed E-state index contributed by atoms with van der Waals surface area (Å²) in [6.07, 6.45) is 0. The third kappa shape index (κ3) is 3.09. The van der Waals surface area contributed by atoms with Gasteiger partial charge in [-0.3, -0.25) is 10.1 Å². The second-order valence-corrected chi connectivity index (χ2v) is 3.17. The number of nitro groups is 1. The van der Waals surface area contributed by atoms with Gasteiger partial charge < -0.3 is 15.4 Å². The Morgan fingerprint density at radius 1 is 1.44 bits per heavy atom. The van der Waals surface area contributed by atoms with Crippen molar-refractivity contribution in [3.8, 4) is 5.75 Å².